The average molecular weight is 356 g/mol. The van der Waals surface area contributed by atoms with Crippen molar-refractivity contribution in [2.45, 2.75) is 25.3 Å². The van der Waals surface area contributed by atoms with Crippen LogP contribution in [0.25, 0.3) is 11.4 Å². The van der Waals surface area contributed by atoms with Gasteiger partial charge >= 0.3 is 0 Å². The molecule has 0 atom stereocenters. The van der Waals surface area contributed by atoms with Gasteiger partial charge in [-0.05, 0) is 49.2 Å². The van der Waals surface area contributed by atoms with Crippen LogP contribution < -0.4 is 4.72 Å². The van der Waals surface area contributed by atoms with Crippen molar-refractivity contribution < 1.29 is 8.42 Å². The number of hydrogen-bond acceptors (Lipinski definition) is 4. The third kappa shape index (κ3) is 4.12. The summed E-state index contributed by atoms with van der Waals surface area (Å²) >= 11 is 0. The number of rotatable bonds is 6. The molecule has 0 amide bonds. The van der Waals surface area contributed by atoms with E-state index >= 15 is 0 Å². The summed E-state index contributed by atoms with van der Waals surface area (Å²) < 4.78 is 29.3. The molecule has 2 heterocycles. The topological polar surface area (TPSA) is 76.9 Å². The Morgan fingerprint density at radius 1 is 1.08 bits per heavy atom. The molecule has 6 nitrogen and oxygen atoms in total. The summed E-state index contributed by atoms with van der Waals surface area (Å²) in [6, 6.07) is 12.9. The maximum absolute atomic E-state index is 12.5. The summed E-state index contributed by atoms with van der Waals surface area (Å²) in [4.78, 5) is 4.57. The Morgan fingerprint density at radius 3 is 2.68 bits per heavy atom. The molecule has 2 aromatic heterocycles. The number of aryl methyl sites for hydroxylation is 2. The van der Waals surface area contributed by atoms with Gasteiger partial charge in [-0.25, -0.2) is 13.1 Å². The maximum Gasteiger partial charge on any atom is 0.240 e. The first-order valence-electron chi connectivity index (χ1n) is 7.97. The van der Waals surface area contributed by atoms with Crippen LogP contribution in [0, 0.1) is 13.8 Å². The summed E-state index contributed by atoms with van der Waals surface area (Å²) in [5.74, 6) is 0. The fourth-order valence-corrected chi connectivity index (χ4v) is 3.85. The van der Waals surface area contributed by atoms with Gasteiger partial charge in [0.25, 0.3) is 0 Å². The highest BCUT2D eigenvalue weighted by atomic mass is 32.2. The Morgan fingerprint density at radius 2 is 1.92 bits per heavy atom. The summed E-state index contributed by atoms with van der Waals surface area (Å²) in [5, 5.41) is 4.42. The van der Waals surface area contributed by atoms with Crippen LogP contribution in [-0.2, 0) is 16.6 Å². The smallest absolute Gasteiger partial charge is 0.240 e. The number of hydrogen-bond donors (Lipinski definition) is 1. The van der Waals surface area contributed by atoms with Crippen molar-refractivity contribution in [1.82, 2.24) is 19.5 Å². The molecule has 0 unspecified atom stereocenters. The van der Waals surface area contributed by atoms with Gasteiger partial charge in [-0.2, -0.15) is 5.10 Å². The minimum absolute atomic E-state index is 0.263. The summed E-state index contributed by atoms with van der Waals surface area (Å²) in [6.45, 7) is 4.37. The highest BCUT2D eigenvalue weighted by molar-refractivity contribution is 7.89. The lowest BCUT2D eigenvalue weighted by Crippen LogP contribution is -2.28. The second-order valence-electron chi connectivity index (χ2n) is 5.85. The molecule has 25 heavy (non-hydrogen) atoms. The fraction of sp³-hybridized carbons (Fsp3) is 0.222. The second kappa shape index (κ2) is 7.16. The van der Waals surface area contributed by atoms with Crippen LogP contribution in [0.1, 0.15) is 11.1 Å². The molecule has 0 spiro atoms. The van der Waals surface area contributed by atoms with Gasteiger partial charge < -0.3 is 0 Å². The van der Waals surface area contributed by atoms with E-state index in [0.29, 0.717) is 11.4 Å². The third-order valence-electron chi connectivity index (χ3n) is 3.83. The van der Waals surface area contributed by atoms with Crippen molar-refractivity contribution in [3.8, 4) is 11.4 Å². The maximum atomic E-state index is 12.5. The molecule has 7 heteroatoms. The minimum Gasteiger partial charge on any atom is -0.271 e. The zero-order chi connectivity index (χ0) is 17.9. The SMILES string of the molecule is Cc1ccc(C)c(S(=O)(=O)NCCn2ccc(-c3ccccn3)n2)c1. The Balaban J connectivity index is 1.65. The van der Waals surface area contributed by atoms with Crippen molar-refractivity contribution in [2.24, 2.45) is 0 Å². The lowest BCUT2D eigenvalue weighted by atomic mass is 10.2. The number of nitrogens with zero attached hydrogens (tertiary/aromatic N) is 3. The van der Waals surface area contributed by atoms with Crippen molar-refractivity contribution >= 4 is 10.0 Å². The molecule has 0 saturated heterocycles. The van der Waals surface area contributed by atoms with Crippen molar-refractivity contribution in [2.75, 3.05) is 6.54 Å². The van der Waals surface area contributed by atoms with E-state index in [4.69, 9.17) is 0 Å². The van der Waals surface area contributed by atoms with E-state index in [-0.39, 0.29) is 6.54 Å². The zero-order valence-corrected chi connectivity index (χ0v) is 15.0. The number of aromatic nitrogens is 3. The van der Waals surface area contributed by atoms with E-state index in [1.807, 2.05) is 49.5 Å². The van der Waals surface area contributed by atoms with Crippen LogP contribution in [0.2, 0.25) is 0 Å². The predicted octanol–water partition coefficient (Wildman–Crippen LogP) is 2.54. The molecule has 3 rings (SSSR count). The number of sulfonamides is 1. The zero-order valence-electron chi connectivity index (χ0n) is 14.2. The largest absolute Gasteiger partial charge is 0.271 e. The molecular formula is C18H20N4O2S. The summed E-state index contributed by atoms with van der Waals surface area (Å²) in [7, 11) is -3.53. The predicted molar refractivity (Wildman–Crippen MR) is 96.6 cm³/mol. The van der Waals surface area contributed by atoms with E-state index in [1.54, 1.807) is 23.9 Å². The van der Waals surface area contributed by atoms with E-state index in [2.05, 4.69) is 14.8 Å². The van der Waals surface area contributed by atoms with Crippen LogP contribution in [0.15, 0.2) is 59.8 Å². The van der Waals surface area contributed by atoms with Gasteiger partial charge in [0.2, 0.25) is 10.0 Å². The molecule has 0 bridgehead atoms. The van der Waals surface area contributed by atoms with Gasteiger partial charge in [0.15, 0.2) is 0 Å². The van der Waals surface area contributed by atoms with Crippen molar-refractivity contribution in [3.63, 3.8) is 0 Å². The standard InChI is InChI=1S/C18H20N4O2S/c1-14-6-7-15(2)18(13-14)25(23,24)20-10-12-22-11-8-17(21-22)16-5-3-4-9-19-16/h3-9,11,13,20H,10,12H2,1-2H3. The number of nitrogens with one attached hydrogen (secondary N) is 1. The van der Waals surface area contributed by atoms with E-state index in [1.165, 1.54) is 0 Å². The lowest BCUT2D eigenvalue weighted by Gasteiger charge is -2.10. The van der Waals surface area contributed by atoms with Crippen LogP contribution in [-0.4, -0.2) is 29.7 Å². The molecule has 0 radical (unpaired) electrons. The van der Waals surface area contributed by atoms with Crippen LogP contribution >= 0.6 is 0 Å². The second-order valence-corrected chi connectivity index (χ2v) is 7.58. The molecule has 0 saturated carbocycles. The Kier molecular flexibility index (Phi) is 4.96. The third-order valence-corrected chi connectivity index (χ3v) is 5.44. The van der Waals surface area contributed by atoms with Crippen molar-refractivity contribution in [1.29, 1.82) is 0 Å². The lowest BCUT2D eigenvalue weighted by molar-refractivity contribution is 0.560. The molecule has 0 fully saturated rings. The van der Waals surface area contributed by atoms with Gasteiger partial charge in [0.05, 0.1) is 17.1 Å². The first-order chi connectivity index (χ1) is 12.0. The summed E-state index contributed by atoms with van der Waals surface area (Å²) in [5.41, 5.74) is 3.20. The molecule has 0 aliphatic rings. The summed E-state index contributed by atoms with van der Waals surface area (Å²) in [6.07, 6.45) is 3.53. The molecule has 0 aliphatic carbocycles. The fourth-order valence-electron chi connectivity index (χ4n) is 2.51. The minimum atomic E-state index is -3.53. The molecular weight excluding hydrogens is 336 g/mol. The average Bonchev–Trinajstić information content (AvgIpc) is 3.06. The Labute approximate surface area is 147 Å². The van der Waals surface area contributed by atoms with Crippen LogP contribution in [0.4, 0.5) is 0 Å². The quantitative estimate of drug-likeness (QED) is 0.736. The monoisotopic (exact) mass is 356 g/mol. The first-order valence-corrected chi connectivity index (χ1v) is 9.46. The van der Waals surface area contributed by atoms with Gasteiger partial charge in [-0.15, -0.1) is 0 Å². The molecule has 130 valence electrons. The van der Waals surface area contributed by atoms with E-state index in [9.17, 15) is 8.42 Å². The normalized spacial score (nSPS) is 11.6. The Bertz CT molecular complexity index is 966. The molecule has 0 aliphatic heterocycles. The molecule has 3 aromatic rings. The molecule has 1 N–H and O–H groups in total. The molecule has 1 aromatic carbocycles. The number of pyridine rings is 1. The van der Waals surface area contributed by atoms with E-state index < -0.39 is 10.0 Å². The number of benzene rings is 1. The van der Waals surface area contributed by atoms with Crippen LogP contribution in [0.3, 0.4) is 0 Å². The Hall–Kier alpha value is -2.51. The van der Waals surface area contributed by atoms with E-state index in [0.717, 1.165) is 22.5 Å². The first kappa shape index (κ1) is 17.3. The highest BCUT2D eigenvalue weighted by Gasteiger charge is 2.16. The van der Waals surface area contributed by atoms with Crippen molar-refractivity contribution in [3.05, 3.63) is 66.0 Å². The highest BCUT2D eigenvalue weighted by Crippen LogP contribution is 2.16. The van der Waals surface area contributed by atoms with Gasteiger partial charge in [-0.3, -0.25) is 9.67 Å². The van der Waals surface area contributed by atoms with Crippen LogP contribution in [0.5, 0.6) is 0 Å². The van der Waals surface area contributed by atoms with Gasteiger partial charge in [0.1, 0.15) is 5.69 Å². The van der Waals surface area contributed by atoms with Gasteiger partial charge in [0, 0.05) is 18.9 Å². The van der Waals surface area contributed by atoms with Gasteiger partial charge in [-0.1, -0.05) is 18.2 Å².